The normalized spacial score (nSPS) is 14.0. The second-order valence-corrected chi connectivity index (χ2v) is 8.15. The minimum Gasteiger partial charge on any atom is -0.378 e. The molecule has 0 unspecified atom stereocenters. The number of fused-ring (bicyclic) bond motifs is 1. The summed E-state index contributed by atoms with van der Waals surface area (Å²) in [4.78, 5) is 22.6. The lowest BCUT2D eigenvalue weighted by Gasteiger charge is -2.28. The number of morpholine rings is 1. The maximum atomic E-state index is 12.8. The lowest BCUT2D eigenvalue weighted by molar-refractivity contribution is 0.122. The Labute approximate surface area is 186 Å². The van der Waals surface area contributed by atoms with E-state index in [1.54, 1.807) is 12.4 Å². The molecule has 2 aromatic carbocycles. The van der Waals surface area contributed by atoms with Crippen molar-refractivity contribution in [2.75, 3.05) is 36.5 Å². The van der Waals surface area contributed by atoms with E-state index in [0.29, 0.717) is 11.2 Å². The molecule has 1 aliphatic heterocycles. The summed E-state index contributed by atoms with van der Waals surface area (Å²) in [5, 5.41) is 4.79. The summed E-state index contributed by atoms with van der Waals surface area (Å²) in [6.07, 6.45) is 3.56. The predicted octanol–water partition coefficient (Wildman–Crippen LogP) is 4.79. The largest absolute Gasteiger partial charge is 0.378 e. The molecule has 0 radical (unpaired) electrons. The van der Waals surface area contributed by atoms with Gasteiger partial charge in [-0.15, -0.1) is 0 Å². The summed E-state index contributed by atoms with van der Waals surface area (Å²) in [5.41, 5.74) is 6.38. The van der Waals surface area contributed by atoms with E-state index in [-0.39, 0.29) is 5.56 Å². The van der Waals surface area contributed by atoms with E-state index < -0.39 is 0 Å². The van der Waals surface area contributed by atoms with Crippen molar-refractivity contribution in [1.29, 1.82) is 0 Å². The van der Waals surface area contributed by atoms with Crippen LogP contribution >= 0.6 is 0 Å². The first kappa shape index (κ1) is 20.3. The minimum absolute atomic E-state index is 0.157. The first-order valence-corrected chi connectivity index (χ1v) is 10.9. The van der Waals surface area contributed by atoms with Crippen molar-refractivity contribution < 1.29 is 4.74 Å². The minimum atomic E-state index is -0.157. The second kappa shape index (κ2) is 8.48. The number of hydrogen-bond acceptors (Lipinski definition) is 5. The van der Waals surface area contributed by atoms with Gasteiger partial charge in [0.1, 0.15) is 5.82 Å². The number of hydrogen-bond donors (Lipinski definition) is 2. The van der Waals surface area contributed by atoms with Crippen molar-refractivity contribution in [3.63, 3.8) is 0 Å². The number of aryl methyl sites for hydroxylation is 2. The molecule has 3 heterocycles. The van der Waals surface area contributed by atoms with Crippen molar-refractivity contribution in [2.24, 2.45) is 0 Å². The molecule has 0 amide bonds. The lowest BCUT2D eigenvalue weighted by Crippen LogP contribution is -2.36. The average molecular weight is 427 g/mol. The number of anilines is 3. The molecule has 2 N–H and O–H groups in total. The highest BCUT2D eigenvalue weighted by molar-refractivity contribution is 6.02. The highest BCUT2D eigenvalue weighted by Crippen LogP contribution is 2.33. The summed E-state index contributed by atoms with van der Waals surface area (Å²) in [6, 6.07) is 16.4. The molecule has 32 heavy (non-hydrogen) atoms. The van der Waals surface area contributed by atoms with Gasteiger partial charge in [0.25, 0.3) is 5.56 Å². The van der Waals surface area contributed by atoms with E-state index in [2.05, 4.69) is 64.4 Å². The van der Waals surface area contributed by atoms with E-state index in [0.717, 1.165) is 48.5 Å². The Bertz CT molecular complexity index is 1300. The van der Waals surface area contributed by atoms with Gasteiger partial charge in [-0.25, -0.2) is 4.98 Å². The van der Waals surface area contributed by atoms with Gasteiger partial charge in [-0.05, 0) is 60.9 Å². The summed E-state index contributed by atoms with van der Waals surface area (Å²) < 4.78 is 5.44. The number of ether oxygens (including phenoxy) is 1. The SMILES string of the molecule is Cc1cccc(C)c1-c1c[nH]c(=O)c2c(Nc3ccc(N4CCOCC4)cc3)nccc12. The lowest BCUT2D eigenvalue weighted by atomic mass is 9.94. The van der Waals surface area contributed by atoms with Crippen LogP contribution in [0.3, 0.4) is 0 Å². The molecule has 2 aromatic heterocycles. The highest BCUT2D eigenvalue weighted by Gasteiger charge is 2.15. The third kappa shape index (κ3) is 3.74. The molecule has 0 saturated carbocycles. The number of nitrogens with zero attached hydrogens (tertiary/aromatic N) is 2. The van der Waals surface area contributed by atoms with Gasteiger partial charge in [0.15, 0.2) is 0 Å². The van der Waals surface area contributed by atoms with Crippen LogP contribution in [0.25, 0.3) is 21.9 Å². The third-order valence-corrected chi connectivity index (χ3v) is 6.07. The van der Waals surface area contributed by atoms with Gasteiger partial charge >= 0.3 is 0 Å². The standard InChI is InChI=1S/C26H26N4O2/c1-17-4-3-5-18(2)23(17)22-16-28-26(31)24-21(22)10-11-27-25(24)29-19-6-8-20(9-7-19)30-12-14-32-15-13-30/h3-11,16H,12-15H2,1-2H3,(H,27,29)(H,28,31). The second-order valence-electron chi connectivity index (χ2n) is 8.15. The van der Waals surface area contributed by atoms with Crippen molar-refractivity contribution in [2.45, 2.75) is 13.8 Å². The van der Waals surface area contributed by atoms with Crippen LogP contribution in [0.2, 0.25) is 0 Å². The first-order valence-electron chi connectivity index (χ1n) is 10.9. The van der Waals surface area contributed by atoms with Crippen molar-refractivity contribution >= 4 is 28.0 Å². The third-order valence-electron chi connectivity index (χ3n) is 6.07. The molecular formula is C26H26N4O2. The Morgan fingerprint density at radius 2 is 1.72 bits per heavy atom. The Hall–Kier alpha value is -3.64. The van der Waals surface area contributed by atoms with E-state index in [1.807, 2.05) is 18.2 Å². The van der Waals surface area contributed by atoms with Crippen LogP contribution in [-0.4, -0.2) is 36.3 Å². The zero-order chi connectivity index (χ0) is 22.1. The molecule has 1 saturated heterocycles. The van der Waals surface area contributed by atoms with Crippen LogP contribution < -0.4 is 15.8 Å². The van der Waals surface area contributed by atoms with Crippen LogP contribution in [0.4, 0.5) is 17.2 Å². The number of aromatic amines is 1. The number of nitrogens with one attached hydrogen (secondary N) is 2. The summed E-state index contributed by atoms with van der Waals surface area (Å²) in [7, 11) is 0. The van der Waals surface area contributed by atoms with Gasteiger partial charge in [-0.1, -0.05) is 18.2 Å². The quantitative estimate of drug-likeness (QED) is 0.491. The maximum Gasteiger partial charge on any atom is 0.259 e. The van der Waals surface area contributed by atoms with E-state index in [4.69, 9.17) is 4.74 Å². The Kier molecular flexibility index (Phi) is 5.37. The number of rotatable bonds is 4. The van der Waals surface area contributed by atoms with Gasteiger partial charge in [-0.3, -0.25) is 4.79 Å². The van der Waals surface area contributed by atoms with Crippen LogP contribution in [-0.2, 0) is 4.74 Å². The van der Waals surface area contributed by atoms with Crippen molar-refractivity contribution in [3.05, 3.63) is 82.4 Å². The van der Waals surface area contributed by atoms with Gasteiger partial charge in [-0.2, -0.15) is 0 Å². The summed E-state index contributed by atoms with van der Waals surface area (Å²) >= 11 is 0. The molecule has 0 spiro atoms. The zero-order valence-corrected chi connectivity index (χ0v) is 18.3. The van der Waals surface area contributed by atoms with Gasteiger partial charge in [0.2, 0.25) is 0 Å². The fourth-order valence-corrected chi connectivity index (χ4v) is 4.46. The predicted molar refractivity (Wildman–Crippen MR) is 130 cm³/mol. The van der Waals surface area contributed by atoms with Gasteiger partial charge in [0, 0.05) is 47.8 Å². The maximum absolute atomic E-state index is 12.8. The highest BCUT2D eigenvalue weighted by atomic mass is 16.5. The van der Waals surface area contributed by atoms with Gasteiger partial charge < -0.3 is 19.9 Å². The Morgan fingerprint density at radius 1 is 1.00 bits per heavy atom. The van der Waals surface area contributed by atoms with Crippen LogP contribution in [0.1, 0.15) is 11.1 Å². The van der Waals surface area contributed by atoms with E-state index in [1.165, 1.54) is 16.8 Å². The number of H-pyrrole nitrogens is 1. The number of benzene rings is 2. The molecule has 1 aliphatic rings. The zero-order valence-electron chi connectivity index (χ0n) is 18.3. The molecule has 6 heteroatoms. The van der Waals surface area contributed by atoms with E-state index in [9.17, 15) is 4.79 Å². The topological polar surface area (TPSA) is 70.2 Å². The molecule has 0 bridgehead atoms. The smallest absolute Gasteiger partial charge is 0.259 e. The molecule has 4 aromatic rings. The van der Waals surface area contributed by atoms with Gasteiger partial charge in [0.05, 0.1) is 18.6 Å². The molecule has 6 nitrogen and oxygen atoms in total. The molecule has 5 rings (SSSR count). The molecule has 1 fully saturated rings. The fourth-order valence-electron chi connectivity index (χ4n) is 4.46. The van der Waals surface area contributed by atoms with Crippen LogP contribution in [0.5, 0.6) is 0 Å². The number of aromatic nitrogens is 2. The monoisotopic (exact) mass is 426 g/mol. The first-order chi connectivity index (χ1) is 15.6. The Balaban J connectivity index is 1.53. The van der Waals surface area contributed by atoms with Crippen molar-refractivity contribution in [1.82, 2.24) is 9.97 Å². The summed E-state index contributed by atoms with van der Waals surface area (Å²) in [6.45, 7) is 7.49. The summed E-state index contributed by atoms with van der Waals surface area (Å²) in [5.74, 6) is 0.552. The van der Waals surface area contributed by atoms with Crippen LogP contribution in [0.15, 0.2) is 65.7 Å². The van der Waals surface area contributed by atoms with Crippen molar-refractivity contribution in [3.8, 4) is 11.1 Å². The fraction of sp³-hybridized carbons (Fsp3) is 0.231. The molecule has 0 atom stereocenters. The van der Waals surface area contributed by atoms with Crippen LogP contribution in [0, 0.1) is 13.8 Å². The molecule has 162 valence electrons. The van der Waals surface area contributed by atoms with E-state index >= 15 is 0 Å². The molecule has 0 aliphatic carbocycles. The Morgan fingerprint density at radius 3 is 2.44 bits per heavy atom. The average Bonchev–Trinajstić information content (AvgIpc) is 2.81. The molecular weight excluding hydrogens is 400 g/mol. The number of pyridine rings is 2.